The van der Waals surface area contributed by atoms with Crippen molar-refractivity contribution in [1.82, 2.24) is 9.80 Å². The summed E-state index contributed by atoms with van der Waals surface area (Å²) in [5, 5.41) is 9.00. The molecule has 1 aliphatic rings. The third kappa shape index (κ3) is 4.83. The average molecular weight is 290 g/mol. The molecule has 0 aliphatic heterocycles. The monoisotopic (exact) mass is 290 g/mol. The molecule has 1 aromatic rings. The summed E-state index contributed by atoms with van der Waals surface area (Å²) in [5.74, 6) is 0.156. The summed E-state index contributed by atoms with van der Waals surface area (Å²) in [4.78, 5) is 16.4. The van der Waals surface area contributed by atoms with E-state index in [0.717, 1.165) is 18.5 Å². The van der Waals surface area contributed by atoms with E-state index in [1.807, 2.05) is 37.4 Å². The molecular formula is C17H26N2O2. The van der Waals surface area contributed by atoms with Crippen LogP contribution in [0.1, 0.15) is 31.2 Å². The van der Waals surface area contributed by atoms with E-state index in [9.17, 15) is 4.79 Å². The highest BCUT2D eigenvalue weighted by Crippen LogP contribution is 2.24. The molecule has 0 spiro atoms. The summed E-state index contributed by atoms with van der Waals surface area (Å²) >= 11 is 0. The topological polar surface area (TPSA) is 43.8 Å². The Hall–Kier alpha value is -1.39. The molecule has 21 heavy (non-hydrogen) atoms. The Morgan fingerprint density at radius 3 is 2.57 bits per heavy atom. The summed E-state index contributed by atoms with van der Waals surface area (Å²) in [5.41, 5.74) is 1.15. The van der Waals surface area contributed by atoms with Gasteiger partial charge in [0, 0.05) is 32.8 Å². The molecule has 0 bridgehead atoms. The molecule has 1 N–H and O–H groups in total. The van der Waals surface area contributed by atoms with Crippen LogP contribution in [0, 0.1) is 0 Å². The Kier molecular flexibility index (Phi) is 6.21. The Morgan fingerprint density at radius 1 is 1.29 bits per heavy atom. The maximum absolute atomic E-state index is 12.4. The van der Waals surface area contributed by atoms with Gasteiger partial charge in [-0.1, -0.05) is 36.8 Å². The van der Waals surface area contributed by atoms with Crippen LogP contribution in [0.4, 0.5) is 0 Å². The summed E-state index contributed by atoms with van der Waals surface area (Å²) < 4.78 is 0. The first-order valence-corrected chi connectivity index (χ1v) is 7.83. The zero-order valence-corrected chi connectivity index (χ0v) is 12.9. The third-order valence-corrected chi connectivity index (χ3v) is 4.22. The van der Waals surface area contributed by atoms with Gasteiger partial charge in [-0.25, -0.2) is 0 Å². The number of benzene rings is 1. The fourth-order valence-electron chi connectivity index (χ4n) is 2.66. The molecule has 1 saturated carbocycles. The van der Waals surface area contributed by atoms with Crippen LogP contribution in [-0.2, 0) is 11.3 Å². The van der Waals surface area contributed by atoms with Crippen LogP contribution in [-0.4, -0.2) is 53.6 Å². The second-order valence-electron chi connectivity index (χ2n) is 5.87. The number of amides is 1. The maximum atomic E-state index is 12.4. The number of carbonyl (C=O) groups excluding carboxylic acids is 1. The lowest BCUT2D eigenvalue weighted by Gasteiger charge is -2.37. The molecule has 1 amide bonds. The zero-order valence-electron chi connectivity index (χ0n) is 12.9. The number of hydrogen-bond donors (Lipinski definition) is 1. The van der Waals surface area contributed by atoms with Crippen LogP contribution in [0.5, 0.6) is 0 Å². The van der Waals surface area contributed by atoms with Crippen molar-refractivity contribution in [2.75, 3.05) is 26.7 Å². The quantitative estimate of drug-likeness (QED) is 0.795. The first-order valence-electron chi connectivity index (χ1n) is 7.83. The second-order valence-corrected chi connectivity index (χ2v) is 5.87. The molecule has 0 saturated heterocycles. The minimum Gasteiger partial charge on any atom is -0.396 e. The standard InChI is InChI=1S/C17H26N2O2/c1-18(13-15-7-3-2-4-8-15)17(21)14-19(11-6-12-20)16-9-5-10-16/h2-4,7-8,16,20H,5-6,9-14H2,1H3. The smallest absolute Gasteiger partial charge is 0.236 e. The maximum Gasteiger partial charge on any atom is 0.236 e. The minimum absolute atomic E-state index is 0.156. The van der Waals surface area contributed by atoms with Crippen molar-refractivity contribution < 1.29 is 9.90 Å². The van der Waals surface area contributed by atoms with E-state index in [-0.39, 0.29) is 12.5 Å². The number of rotatable bonds is 8. The lowest BCUT2D eigenvalue weighted by molar-refractivity contribution is -0.132. The lowest BCUT2D eigenvalue weighted by atomic mass is 9.91. The molecule has 0 heterocycles. The lowest BCUT2D eigenvalue weighted by Crippen LogP contribution is -2.46. The highest BCUT2D eigenvalue weighted by Gasteiger charge is 2.26. The molecule has 0 atom stereocenters. The Balaban J connectivity index is 1.85. The van der Waals surface area contributed by atoms with Crippen molar-refractivity contribution in [3.63, 3.8) is 0 Å². The fourth-order valence-corrected chi connectivity index (χ4v) is 2.66. The van der Waals surface area contributed by atoms with Gasteiger partial charge in [-0.3, -0.25) is 9.69 Å². The van der Waals surface area contributed by atoms with E-state index < -0.39 is 0 Å². The van der Waals surface area contributed by atoms with Gasteiger partial charge in [-0.15, -0.1) is 0 Å². The summed E-state index contributed by atoms with van der Waals surface area (Å²) in [6.45, 7) is 2.12. The normalized spacial score (nSPS) is 15.0. The first kappa shape index (κ1) is 16.0. The number of likely N-dealkylation sites (N-methyl/N-ethyl adjacent to an activating group) is 1. The van der Waals surface area contributed by atoms with Crippen molar-refractivity contribution in [2.45, 2.75) is 38.3 Å². The fraction of sp³-hybridized carbons (Fsp3) is 0.588. The van der Waals surface area contributed by atoms with Crippen molar-refractivity contribution >= 4 is 5.91 Å². The van der Waals surface area contributed by atoms with Gasteiger partial charge in [-0.2, -0.15) is 0 Å². The molecule has 2 rings (SSSR count). The van der Waals surface area contributed by atoms with E-state index in [1.54, 1.807) is 4.90 Å². The Morgan fingerprint density at radius 2 is 2.00 bits per heavy atom. The molecule has 1 aliphatic carbocycles. The van der Waals surface area contributed by atoms with Crippen LogP contribution in [0.2, 0.25) is 0 Å². The molecule has 1 aromatic carbocycles. The van der Waals surface area contributed by atoms with E-state index in [4.69, 9.17) is 5.11 Å². The highest BCUT2D eigenvalue weighted by atomic mass is 16.3. The van der Waals surface area contributed by atoms with Gasteiger partial charge in [0.05, 0.1) is 6.54 Å². The average Bonchev–Trinajstić information content (AvgIpc) is 2.43. The molecule has 4 nitrogen and oxygen atoms in total. The number of hydrogen-bond acceptors (Lipinski definition) is 3. The minimum atomic E-state index is 0.156. The zero-order chi connectivity index (χ0) is 15.1. The van der Waals surface area contributed by atoms with Crippen molar-refractivity contribution in [2.24, 2.45) is 0 Å². The largest absolute Gasteiger partial charge is 0.396 e. The van der Waals surface area contributed by atoms with Gasteiger partial charge in [0.1, 0.15) is 0 Å². The first-order chi connectivity index (χ1) is 10.2. The van der Waals surface area contributed by atoms with Crippen LogP contribution in [0.15, 0.2) is 30.3 Å². The van der Waals surface area contributed by atoms with Crippen LogP contribution in [0.25, 0.3) is 0 Å². The Bertz CT molecular complexity index is 432. The number of nitrogens with zero attached hydrogens (tertiary/aromatic N) is 2. The molecule has 0 radical (unpaired) electrons. The molecule has 4 heteroatoms. The number of aliphatic hydroxyl groups excluding tert-OH is 1. The predicted octanol–water partition coefficient (Wildman–Crippen LogP) is 1.88. The predicted molar refractivity (Wildman–Crippen MR) is 83.8 cm³/mol. The SMILES string of the molecule is CN(Cc1ccccc1)C(=O)CN(CCCO)C1CCC1. The number of aliphatic hydroxyl groups is 1. The van der Waals surface area contributed by atoms with Gasteiger partial charge in [0.15, 0.2) is 0 Å². The van der Waals surface area contributed by atoms with Crippen molar-refractivity contribution in [1.29, 1.82) is 0 Å². The van der Waals surface area contributed by atoms with Gasteiger partial charge in [0.2, 0.25) is 5.91 Å². The third-order valence-electron chi connectivity index (χ3n) is 4.22. The summed E-state index contributed by atoms with van der Waals surface area (Å²) in [6.07, 6.45) is 4.36. The summed E-state index contributed by atoms with van der Waals surface area (Å²) in [7, 11) is 1.86. The van der Waals surface area contributed by atoms with Crippen LogP contribution in [0.3, 0.4) is 0 Å². The molecular weight excluding hydrogens is 264 g/mol. The van der Waals surface area contributed by atoms with Gasteiger partial charge in [-0.05, 0) is 24.8 Å². The second kappa shape index (κ2) is 8.15. The van der Waals surface area contributed by atoms with E-state index in [0.29, 0.717) is 19.1 Å². The molecule has 1 fully saturated rings. The van der Waals surface area contributed by atoms with Gasteiger partial charge >= 0.3 is 0 Å². The molecule has 0 unspecified atom stereocenters. The van der Waals surface area contributed by atoms with E-state index in [1.165, 1.54) is 19.3 Å². The molecule has 0 aromatic heterocycles. The van der Waals surface area contributed by atoms with Crippen LogP contribution >= 0.6 is 0 Å². The van der Waals surface area contributed by atoms with Gasteiger partial charge in [0.25, 0.3) is 0 Å². The van der Waals surface area contributed by atoms with Crippen molar-refractivity contribution in [3.8, 4) is 0 Å². The highest BCUT2D eigenvalue weighted by molar-refractivity contribution is 5.78. The summed E-state index contributed by atoms with van der Waals surface area (Å²) in [6, 6.07) is 10.6. The molecule has 116 valence electrons. The van der Waals surface area contributed by atoms with Gasteiger partial charge < -0.3 is 10.0 Å². The van der Waals surface area contributed by atoms with Crippen LogP contribution < -0.4 is 0 Å². The van der Waals surface area contributed by atoms with E-state index >= 15 is 0 Å². The van der Waals surface area contributed by atoms with E-state index in [2.05, 4.69) is 4.90 Å². The van der Waals surface area contributed by atoms with Crippen molar-refractivity contribution in [3.05, 3.63) is 35.9 Å². The Labute approximate surface area is 127 Å². The number of carbonyl (C=O) groups is 1.